The van der Waals surface area contributed by atoms with Gasteiger partial charge in [0, 0.05) is 24.0 Å². The molecule has 2 aromatic rings. The predicted molar refractivity (Wildman–Crippen MR) is 68.2 cm³/mol. The zero-order valence-electron chi connectivity index (χ0n) is 9.99. The first kappa shape index (κ1) is 13.0. The first-order valence-corrected chi connectivity index (χ1v) is 5.46. The van der Waals surface area contributed by atoms with Crippen LogP contribution in [-0.2, 0) is 6.42 Å². The fourth-order valence-electron chi connectivity index (χ4n) is 1.37. The smallest absolute Gasteiger partial charge is 0.248 e. The highest BCUT2D eigenvalue weighted by Crippen LogP contribution is 2.00. The van der Waals surface area contributed by atoms with E-state index in [9.17, 15) is 9.59 Å². The van der Waals surface area contributed by atoms with Crippen LogP contribution in [0.4, 0.5) is 0 Å². The predicted octanol–water partition coefficient (Wildman–Crippen LogP) is 1.62. The van der Waals surface area contributed by atoms with Gasteiger partial charge in [0.15, 0.2) is 0 Å². The molecular weight excluding hydrogens is 216 g/mol. The van der Waals surface area contributed by atoms with Gasteiger partial charge in [-0.2, -0.15) is 0 Å². The third kappa shape index (κ3) is 4.51. The molecule has 2 N–H and O–H groups in total. The van der Waals surface area contributed by atoms with Crippen molar-refractivity contribution in [3.63, 3.8) is 0 Å². The lowest BCUT2D eigenvalue weighted by Crippen LogP contribution is -2.06. The monoisotopic (exact) mass is 232 g/mol. The van der Waals surface area contributed by atoms with Crippen molar-refractivity contribution in [2.24, 2.45) is 0 Å². The number of rotatable bonds is 1. The molecule has 0 saturated carbocycles. The molecule has 17 heavy (non-hydrogen) atoms. The minimum Gasteiger partial charge on any atom is -0.329 e. The first-order chi connectivity index (χ1) is 8.13. The van der Waals surface area contributed by atoms with E-state index in [4.69, 9.17) is 0 Å². The number of aryl methyl sites for hydroxylation is 2. The van der Waals surface area contributed by atoms with Gasteiger partial charge in [-0.1, -0.05) is 19.1 Å². The molecule has 0 amide bonds. The zero-order chi connectivity index (χ0) is 12.7. The number of nitrogens with one attached hydrogen (secondary N) is 2. The van der Waals surface area contributed by atoms with Crippen LogP contribution >= 0.6 is 0 Å². The van der Waals surface area contributed by atoms with Gasteiger partial charge in [0.1, 0.15) is 0 Å². The van der Waals surface area contributed by atoms with Crippen LogP contribution in [-0.4, -0.2) is 9.97 Å². The molecule has 0 atom stereocenters. The molecule has 0 saturated heterocycles. The lowest BCUT2D eigenvalue weighted by atomic mass is 10.1. The Hall–Kier alpha value is -2.10. The summed E-state index contributed by atoms with van der Waals surface area (Å²) in [6, 6.07) is 8.36. The van der Waals surface area contributed by atoms with E-state index in [0.717, 1.165) is 12.1 Å². The molecule has 0 aliphatic carbocycles. The first-order valence-electron chi connectivity index (χ1n) is 5.46. The maximum atomic E-state index is 10.7. The third-order valence-corrected chi connectivity index (χ3v) is 2.29. The summed E-state index contributed by atoms with van der Waals surface area (Å²) in [7, 11) is 0. The summed E-state index contributed by atoms with van der Waals surface area (Å²) in [6.45, 7) is 3.99. The van der Waals surface area contributed by atoms with E-state index in [2.05, 4.69) is 16.9 Å². The lowest BCUT2D eigenvalue weighted by molar-refractivity contribution is 1.03. The molecule has 2 aromatic heterocycles. The molecule has 2 rings (SSSR count). The van der Waals surface area contributed by atoms with Gasteiger partial charge in [-0.05, 0) is 25.0 Å². The van der Waals surface area contributed by atoms with Crippen LogP contribution in [0.1, 0.15) is 18.2 Å². The Morgan fingerprint density at radius 2 is 1.82 bits per heavy atom. The molecule has 2 heterocycles. The van der Waals surface area contributed by atoms with Crippen LogP contribution in [0.25, 0.3) is 0 Å². The number of hydrogen-bond acceptors (Lipinski definition) is 2. The maximum absolute atomic E-state index is 10.7. The average Bonchev–Trinajstić information content (AvgIpc) is 2.31. The van der Waals surface area contributed by atoms with E-state index < -0.39 is 0 Å². The van der Waals surface area contributed by atoms with Crippen molar-refractivity contribution < 1.29 is 0 Å². The van der Waals surface area contributed by atoms with E-state index in [1.54, 1.807) is 24.4 Å². The molecular formula is C13H16N2O2. The summed E-state index contributed by atoms with van der Waals surface area (Å²) in [5.41, 5.74) is 2.12. The van der Waals surface area contributed by atoms with Gasteiger partial charge >= 0.3 is 0 Å². The van der Waals surface area contributed by atoms with Gasteiger partial charge in [0.2, 0.25) is 11.1 Å². The van der Waals surface area contributed by atoms with Gasteiger partial charge in [0.05, 0.1) is 0 Å². The van der Waals surface area contributed by atoms with E-state index in [1.165, 1.54) is 11.6 Å². The van der Waals surface area contributed by atoms with E-state index in [0.29, 0.717) is 0 Å². The number of H-pyrrole nitrogens is 2. The van der Waals surface area contributed by atoms with Crippen LogP contribution < -0.4 is 11.1 Å². The lowest BCUT2D eigenvalue weighted by Gasteiger charge is -1.98. The molecule has 0 spiro atoms. The molecule has 4 nitrogen and oxygen atoms in total. The van der Waals surface area contributed by atoms with E-state index in [-0.39, 0.29) is 11.1 Å². The van der Waals surface area contributed by atoms with Gasteiger partial charge in [-0.15, -0.1) is 0 Å². The molecule has 90 valence electrons. The molecule has 0 fully saturated rings. The van der Waals surface area contributed by atoms with Crippen LogP contribution in [0.3, 0.4) is 0 Å². The van der Waals surface area contributed by atoms with Crippen LogP contribution in [0.5, 0.6) is 0 Å². The summed E-state index contributed by atoms with van der Waals surface area (Å²) in [5.74, 6) is 0. The molecule has 4 heteroatoms. The summed E-state index contributed by atoms with van der Waals surface area (Å²) in [6.07, 6.45) is 2.57. The summed E-state index contributed by atoms with van der Waals surface area (Å²) in [5, 5.41) is 0. The number of hydrogen-bond donors (Lipinski definition) is 2. The molecule has 0 aliphatic rings. The Kier molecular flexibility index (Phi) is 4.94. The number of aromatic nitrogens is 2. The van der Waals surface area contributed by atoms with Crippen molar-refractivity contribution in [1.29, 1.82) is 0 Å². The molecule has 0 unspecified atom stereocenters. The van der Waals surface area contributed by atoms with E-state index >= 15 is 0 Å². The minimum absolute atomic E-state index is 0.0188. The molecule has 0 aliphatic heterocycles. The van der Waals surface area contributed by atoms with Gasteiger partial charge in [-0.25, -0.2) is 0 Å². The Balaban J connectivity index is 0.000000181. The summed E-state index contributed by atoms with van der Waals surface area (Å²) >= 11 is 0. The Bertz CT molecular complexity index is 552. The van der Waals surface area contributed by atoms with Gasteiger partial charge in [0.25, 0.3) is 0 Å². The fraction of sp³-hybridized carbons (Fsp3) is 0.231. The molecule has 0 bridgehead atoms. The van der Waals surface area contributed by atoms with Gasteiger partial charge in [-0.3, -0.25) is 9.59 Å². The highest BCUT2D eigenvalue weighted by molar-refractivity contribution is 5.17. The normalized spacial score (nSPS) is 9.29. The minimum atomic E-state index is -0.0532. The van der Waals surface area contributed by atoms with Crippen LogP contribution in [0.15, 0.2) is 46.1 Å². The second kappa shape index (κ2) is 6.48. The Labute approximate surface area is 99.4 Å². The largest absolute Gasteiger partial charge is 0.329 e. The third-order valence-electron chi connectivity index (χ3n) is 2.29. The second-order valence-corrected chi connectivity index (χ2v) is 3.55. The SMILES string of the molecule is CCc1ccc(=O)[nH]c1C.O=c1cccc[nH]1. The van der Waals surface area contributed by atoms with Crippen molar-refractivity contribution >= 4 is 0 Å². The Morgan fingerprint density at radius 3 is 2.24 bits per heavy atom. The quantitative estimate of drug-likeness (QED) is 0.784. The number of aromatic amines is 2. The topological polar surface area (TPSA) is 65.7 Å². The second-order valence-electron chi connectivity index (χ2n) is 3.55. The van der Waals surface area contributed by atoms with Crippen molar-refractivity contribution in [3.8, 4) is 0 Å². The van der Waals surface area contributed by atoms with Crippen molar-refractivity contribution in [2.45, 2.75) is 20.3 Å². The summed E-state index contributed by atoms with van der Waals surface area (Å²) < 4.78 is 0. The van der Waals surface area contributed by atoms with Crippen molar-refractivity contribution in [1.82, 2.24) is 9.97 Å². The van der Waals surface area contributed by atoms with Crippen LogP contribution in [0, 0.1) is 6.92 Å². The Morgan fingerprint density at radius 1 is 1.06 bits per heavy atom. The average molecular weight is 232 g/mol. The highest BCUT2D eigenvalue weighted by Gasteiger charge is 1.93. The zero-order valence-corrected chi connectivity index (χ0v) is 9.99. The van der Waals surface area contributed by atoms with Gasteiger partial charge < -0.3 is 9.97 Å². The molecule has 0 radical (unpaired) electrons. The fourth-order valence-corrected chi connectivity index (χ4v) is 1.37. The maximum Gasteiger partial charge on any atom is 0.248 e. The molecule has 0 aromatic carbocycles. The summed E-state index contributed by atoms with van der Waals surface area (Å²) in [4.78, 5) is 26.1. The van der Waals surface area contributed by atoms with Crippen molar-refractivity contribution in [2.75, 3.05) is 0 Å². The van der Waals surface area contributed by atoms with Crippen LogP contribution in [0.2, 0.25) is 0 Å². The van der Waals surface area contributed by atoms with Crippen molar-refractivity contribution in [3.05, 3.63) is 68.5 Å². The standard InChI is InChI=1S/C8H11NO.C5H5NO/c1-3-7-4-5-8(10)9-6(7)2;7-5-3-1-2-4-6-5/h4-5H,3H2,1-2H3,(H,9,10);1-4H,(H,6,7). The number of pyridine rings is 2. The highest BCUT2D eigenvalue weighted by atomic mass is 16.1. The van der Waals surface area contributed by atoms with E-state index in [1.807, 2.05) is 13.0 Å².